The molecule has 0 aromatic heterocycles. The number of allylic oxidation sites excluding steroid dienone is 2. The molecule has 0 heterocycles. The van der Waals surface area contributed by atoms with Gasteiger partial charge in [-0.25, -0.2) is 16.8 Å². The van der Waals surface area contributed by atoms with Crippen LogP contribution in [0, 0.1) is 11.8 Å². The van der Waals surface area contributed by atoms with Crippen molar-refractivity contribution in [2.45, 2.75) is 246 Å². The van der Waals surface area contributed by atoms with Gasteiger partial charge in [-0.1, -0.05) is 232 Å². The molecule has 11 heteroatoms. The van der Waals surface area contributed by atoms with Gasteiger partial charge in [-0.15, -0.1) is 0 Å². The molecule has 0 aromatic carbocycles. The van der Waals surface area contributed by atoms with Gasteiger partial charge in [0.05, 0.1) is 13.2 Å². The molecule has 336 valence electrons. The maximum Gasteiger partial charge on any atom is 2.00 e. The second-order valence-electron chi connectivity index (χ2n) is 16.1. The second-order valence-corrected chi connectivity index (χ2v) is 18.2. The fourth-order valence-corrected chi connectivity index (χ4v) is 7.59. The van der Waals surface area contributed by atoms with E-state index in [1.807, 2.05) is 12.2 Å². The van der Waals surface area contributed by atoms with Crippen LogP contribution in [-0.2, 0) is 29.2 Å². The minimum Gasteiger partial charge on any atom is -0.726 e. The first-order valence-electron chi connectivity index (χ1n) is 23.5. The molecule has 0 bridgehead atoms. The van der Waals surface area contributed by atoms with E-state index in [2.05, 4.69) is 48.2 Å². The first kappa shape index (κ1) is 61.8. The van der Waals surface area contributed by atoms with Crippen LogP contribution in [0.2, 0.25) is 0 Å². The number of hydrogen-bond acceptors (Lipinski definition) is 8. The summed E-state index contributed by atoms with van der Waals surface area (Å²) < 4.78 is 73.5. The SMILES string of the molecule is CCCCCC/C=C/C(CCCCCCCCCCCCC)COS(=O)(=O)[O-].CCCCCC/C=C/C(CCCCCCCCCCCCC)COS(=O)(=O)[O-].[Ca+2]. The van der Waals surface area contributed by atoms with Crippen LogP contribution in [0.25, 0.3) is 0 Å². The third-order valence-electron chi connectivity index (χ3n) is 10.5. The molecule has 0 saturated heterocycles. The molecule has 0 aliphatic rings. The summed E-state index contributed by atoms with van der Waals surface area (Å²) in [6, 6.07) is 0. The molecule has 0 fully saturated rings. The van der Waals surface area contributed by atoms with Gasteiger partial charge in [-0.05, 0) is 38.5 Å². The topological polar surface area (TPSA) is 133 Å². The van der Waals surface area contributed by atoms with Gasteiger partial charge in [0.2, 0.25) is 20.8 Å². The summed E-state index contributed by atoms with van der Waals surface area (Å²) in [6.07, 6.45) is 50.3. The third-order valence-corrected chi connectivity index (χ3v) is 11.3. The molecule has 0 radical (unpaired) electrons. The summed E-state index contributed by atoms with van der Waals surface area (Å²) in [6.45, 7) is 8.85. The van der Waals surface area contributed by atoms with Crippen LogP contribution in [0.3, 0.4) is 0 Å². The molecule has 57 heavy (non-hydrogen) atoms. The van der Waals surface area contributed by atoms with Crippen molar-refractivity contribution in [3.05, 3.63) is 24.3 Å². The van der Waals surface area contributed by atoms with Crippen LogP contribution in [0.1, 0.15) is 246 Å². The van der Waals surface area contributed by atoms with Crippen molar-refractivity contribution in [1.29, 1.82) is 0 Å². The van der Waals surface area contributed by atoms with Crippen molar-refractivity contribution in [1.82, 2.24) is 0 Å². The van der Waals surface area contributed by atoms with Gasteiger partial charge in [0, 0.05) is 11.8 Å². The quantitative estimate of drug-likeness (QED) is 0.0195. The van der Waals surface area contributed by atoms with E-state index in [4.69, 9.17) is 0 Å². The van der Waals surface area contributed by atoms with Gasteiger partial charge >= 0.3 is 37.7 Å². The summed E-state index contributed by atoms with van der Waals surface area (Å²) in [7, 11) is -9.20. The van der Waals surface area contributed by atoms with Gasteiger partial charge in [0.1, 0.15) is 0 Å². The minimum atomic E-state index is -4.60. The van der Waals surface area contributed by atoms with E-state index in [-0.39, 0.29) is 62.8 Å². The van der Waals surface area contributed by atoms with Crippen LogP contribution in [0.15, 0.2) is 24.3 Å². The molecule has 0 aliphatic heterocycles. The third kappa shape index (κ3) is 56.5. The Morgan fingerprint density at radius 3 is 0.860 bits per heavy atom. The Morgan fingerprint density at radius 1 is 0.386 bits per heavy atom. The Kier molecular flexibility index (Phi) is 51.5. The van der Waals surface area contributed by atoms with E-state index in [1.165, 1.54) is 167 Å². The zero-order valence-corrected chi connectivity index (χ0v) is 41.6. The van der Waals surface area contributed by atoms with E-state index in [0.29, 0.717) is 0 Å². The predicted molar refractivity (Wildman–Crippen MR) is 242 cm³/mol. The zero-order valence-electron chi connectivity index (χ0n) is 37.7. The molecule has 2 unspecified atom stereocenters. The average Bonchev–Trinajstić information content (AvgIpc) is 3.15. The molecular weight excluding hydrogens is 785 g/mol. The maximum atomic E-state index is 10.7. The van der Waals surface area contributed by atoms with Crippen molar-refractivity contribution in [3.8, 4) is 0 Å². The maximum absolute atomic E-state index is 10.7. The Labute approximate surface area is 385 Å². The Hall–Kier alpha value is 0.480. The van der Waals surface area contributed by atoms with Crippen molar-refractivity contribution < 1.29 is 34.3 Å². The molecule has 0 rings (SSSR count). The molecule has 0 spiro atoms. The average molecular weight is 875 g/mol. The number of unbranched alkanes of at least 4 members (excludes halogenated alkanes) is 28. The standard InChI is InChI=1S/2C23H46O4S.Ca/c2*1-3-5-7-9-11-12-13-14-15-17-19-21-23(22-27-28(24,25)26)20-18-16-10-8-6-4-2;/h2*18,20,23H,3-17,19,21-22H2,1-2H3,(H,24,25,26);/q;;+2/p-2/b2*20-18+;. The first-order valence-corrected chi connectivity index (χ1v) is 26.2. The fraction of sp³-hybridized carbons (Fsp3) is 0.913. The van der Waals surface area contributed by atoms with Gasteiger partial charge in [-0.2, -0.15) is 0 Å². The van der Waals surface area contributed by atoms with E-state index in [1.54, 1.807) is 0 Å². The first-order chi connectivity index (χ1) is 27.0. The van der Waals surface area contributed by atoms with Gasteiger partial charge in [0.25, 0.3) is 0 Å². The second kappa shape index (κ2) is 47.5. The molecule has 0 saturated carbocycles. The molecule has 2 atom stereocenters. The van der Waals surface area contributed by atoms with Crippen LogP contribution in [-0.4, -0.2) is 76.9 Å². The molecular formula is C46H90CaO8S2. The normalized spacial score (nSPS) is 13.2. The molecule has 0 N–H and O–H groups in total. The van der Waals surface area contributed by atoms with E-state index in [0.717, 1.165) is 51.4 Å². The van der Waals surface area contributed by atoms with Crippen LogP contribution in [0.5, 0.6) is 0 Å². The summed E-state index contributed by atoms with van der Waals surface area (Å²) in [4.78, 5) is 0. The summed E-state index contributed by atoms with van der Waals surface area (Å²) in [5.41, 5.74) is 0. The van der Waals surface area contributed by atoms with Gasteiger partial charge in [0.15, 0.2) is 0 Å². The smallest absolute Gasteiger partial charge is 0.726 e. The Bertz CT molecular complexity index is 982. The molecule has 0 amide bonds. The number of hydrogen-bond donors (Lipinski definition) is 0. The monoisotopic (exact) mass is 875 g/mol. The van der Waals surface area contributed by atoms with Crippen LogP contribution < -0.4 is 0 Å². The Morgan fingerprint density at radius 2 is 0.614 bits per heavy atom. The predicted octanol–water partition coefficient (Wildman–Crippen LogP) is 14.2. The summed E-state index contributed by atoms with van der Waals surface area (Å²) in [5, 5.41) is 0. The van der Waals surface area contributed by atoms with Crippen molar-refractivity contribution in [3.63, 3.8) is 0 Å². The Balaban J connectivity index is -0.00000101. The number of rotatable bonds is 42. The minimum absolute atomic E-state index is 0. The largest absolute Gasteiger partial charge is 2.00 e. The molecule has 0 aromatic rings. The molecule has 0 aliphatic carbocycles. The van der Waals surface area contributed by atoms with E-state index in [9.17, 15) is 25.9 Å². The van der Waals surface area contributed by atoms with Crippen LogP contribution in [0.4, 0.5) is 0 Å². The zero-order chi connectivity index (χ0) is 41.9. The summed E-state index contributed by atoms with van der Waals surface area (Å²) in [5.74, 6) is 0.0435. The van der Waals surface area contributed by atoms with E-state index < -0.39 is 20.8 Å². The molecule has 8 nitrogen and oxygen atoms in total. The van der Waals surface area contributed by atoms with Gasteiger partial charge < -0.3 is 9.11 Å². The summed E-state index contributed by atoms with van der Waals surface area (Å²) >= 11 is 0. The van der Waals surface area contributed by atoms with Gasteiger partial charge in [-0.3, -0.25) is 8.37 Å². The van der Waals surface area contributed by atoms with E-state index >= 15 is 0 Å². The fourth-order valence-electron chi connectivity index (χ4n) is 6.91. The van der Waals surface area contributed by atoms with Crippen molar-refractivity contribution >= 4 is 58.5 Å². The van der Waals surface area contributed by atoms with Crippen molar-refractivity contribution in [2.75, 3.05) is 13.2 Å². The van der Waals surface area contributed by atoms with Crippen LogP contribution >= 0.6 is 0 Å². The van der Waals surface area contributed by atoms with Crippen molar-refractivity contribution in [2.24, 2.45) is 11.8 Å².